The minimum absolute atomic E-state index is 0.705. The lowest BCUT2D eigenvalue weighted by molar-refractivity contribution is 0.175. The average Bonchev–Trinajstić information content (AvgIpc) is 2.55. The molecule has 1 fully saturated rings. The van der Waals surface area contributed by atoms with Crippen molar-refractivity contribution in [2.24, 2.45) is 0 Å². The van der Waals surface area contributed by atoms with Gasteiger partial charge in [-0.2, -0.15) is 0 Å². The molecule has 64 valence electrons. The Morgan fingerprint density at radius 1 is 1.00 bits per heavy atom. The quantitative estimate of drug-likeness (QED) is 0.596. The molecule has 0 saturated heterocycles. The third-order valence-corrected chi connectivity index (χ3v) is 2.69. The highest BCUT2D eigenvalue weighted by molar-refractivity contribution is 5.23. The Kier molecular flexibility index (Phi) is 1.87. The van der Waals surface area contributed by atoms with Crippen LogP contribution in [0.15, 0.2) is 30.3 Å². The number of alkyl halides is 1. The van der Waals surface area contributed by atoms with E-state index in [1.807, 2.05) is 30.3 Å². The summed E-state index contributed by atoms with van der Waals surface area (Å²) in [5.74, 6) is 0. The lowest BCUT2D eigenvalue weighted by atomic mass is 9.94. The van der Waals surface area contributed by atoms with Crippen LogP contribution in [0.3, 0.4) is 0 Å². The molecule has 0 heterocycles. The van der Waals surface area contributed by atoms with Gasteiger partial charge in [0.25, 0.3) is 0 Å². The molecule has 1 aromatic rings. The van der Waals surface area contributed by atoms with Crippen LogP contribution in [-0.4, -0.2) is 0 Å². The highest BCUT2D eigenvalue weighted by Crippen LogP contribution is 2.41. The van der Waals surface area contributed by atoms with Crippen molar-refractivity contribution < 1.29 is 4.39 Å². The topological polar surface area (TPSA) is 0 Å². The summed E-state index contributed by atoms with van der Waals surface area (Å²) in [6.07, 6.45) is 3.48. The molecule has 1 aliphatic rings. The van der Waals surface area contributed by atoms with Gasteiger partial charge in [0.05, 0.1) is 0 Å². The van der Waals surface area contributed by atoms with E-state index in [2.05, 4.69) is 0 Å². The largest absolute Gasteiger partial charge is 0.239 e. The molecule has 1 heteroatoms. The van der Waals surface area contributed by atoms with Crippen LogP contribution in [0, 0.1) is 0 Å². The lowest BCUT2D eigenvalue weighted by Gasteiger charge is -2.18. The van der Waals surface area contributed by atoms with E-state index >= 15 is 0 Å². The fourth-order valence-electron chi connectivity index (χ4n) is 1.96. The van der Waals surface area contributed by atoms with Gasteiger partial charge in [0.1, 0.15) is 5.67 Å². The molecule has 0 aromatic heterocycles. The maximum Gasteiger partial charge on any atom is 0.136 e. The van der Waals surface area contributed by atoms with E-state index in [9.17, 15) is 4.39 Å². The summed E-state index contributed by atoms with van der Waals surface area (Å²) >= 11 is 0. The van der Waals surface area contributed by atoms with E-state index in [0.717, 1.165) is 18.4 Å². The molecular weight excluding hydrogens is 151 g/mol. The molecule has 0 amide bonds. The zero-order chi connectivity index (χ0) is 8.44. The SMILES string of the molecule is FC1(c2ccccc2)CCCC1. The van der Waals surface area contributed by atoms with Crippen LogP contribution in [0.4, 0.5) is 4.39 Å². The molecule has 2 rings (SSSR count). The zero-order valence-electron chi connectivity index (χ0n) is 7.09. The summed E-state index contributed by atoms with van der Waals surface area (Å²) in [5.41, 5.74) is -0.149. The molecule has 0 atom stereocenters. The van der Waals surface area contributed by atoms with Gasteiger partial charge in [-0.3, -0.25) is 0 Å². The number of rotatable bonds is 1. The number of hydrogen-bond donors (Lipinski definition) is 0. The molecule has 0 unspecified atom stereocenters. The second-order valence-corrected chi connectivity index (χ2v) is 3.54. The van der Waals surface area contributed by atoms with Gasteiger partial charge in [0, 0.05) is 0 Å². The van der Waals surface area contributed by atoms with Crippen molar-refractivity contribution in [2.45, 2.75) is 31.4 Å². The fourth-order valence-corrected chi connectivity index (χ4v) is 1.96. The van der Waals surface area contributed by atoms with Crippen LogP contribution in [0.2, 0.25) is 0 Å². The first-order valence-corrected chi connectivity index (χ1v) is 4.56. The van der Waals surface area contributed by atoms with E-state index in [1.165, 1.54) is 0 Å². The Morgan fingerprint density at radius 3 is 2.17 bits per heavy atom. The Hall–Kier alpha value is -0.850. The molecule has 0 aliphatic heterocycles. The van der Waals surface area contributed by atoms with Crippen LogP contribution < -0.4 is 0 Å². The van der Waals surface area contributed by atoms with Gasteiger partial charge in [-0.25, -0.2) is 4.39 Å². The van der Waals surface area contributed by atoms with Gasteiger partial charge in [-0.15, -0.1) is 0 Å². The van der Waals surface area contributed by atoms with Gasteiger partial charge in [-0.05, 0) is 31.2 Å². The normalized spacial score (nSPS) is 21.1. The molecule has 0 radical (unpaired) electrons. The number of hydrogen-bond acceptors (Lipinski definition) is 0. The van der Waals surface area contributed by atoms with Crippen molar-refractivity contribution in [3.8, 4) is 0 Å². The monoisotopic (exact) mass is 164 g/mol. The van der Waals surface area contributed by atoms with Crippen molar-refractivity contribution in [1.82, 2.24) is 0 Å². The summed E-state index contributed by atoms with van der Waals surface area (Å²) in [6.45, 7) is 0. The van der Waals surface area contributed by atoms with Crippen molar-refractivity contribution in [3.05, 3.63) is 35.9 Å². The van der Waals surface area contributed by atoms with Crippen LogP contribution in [-0.2, 0) is 5.67 Å². The second-order valence-electron chi connectivity index (χ2n) is 3.54. The van der Waals surface area contributed by atoms with E-state index in [-0.39, 0.29) is 0 Å². The van der Waals surface area contributed by atoms with E-state index in [0.29, 0.717) is 12.8 Å². The zero-order valence-corrected chi connectivity index (χ0v) is 7.09. The first-order chi connectivity index (χ1) is 5.81. The number of halogens is 1. The molecule has 0 nitrogen and oxygen atoms in total. The standard InChI is InChI=1S/C11H13F/c12-11(8-4-5-9-11)10-6-2-1-3-7-10/h1-3,6-7H,4-5,8-9H2. The Labute approximate surface area is 72.4 Å². The second kappa shape index (κ2) is 2.89. The van der Waals surface area contributed by atoms with Gasteiger partial charge in [0.15, 0.2) is 0 Å². The highest BCUT2D eigenvalue weighted by Gasteiger charge is 2.34. The Balaban J connectivity index is 2.29. The predicted octanol–water partition coefficient (Wildman–Crippen LogP) is 3.43. The highest BCUT2D eigenvalue weighted by atomic mass is 19.1. The molecule has 0 N–H and O–H groups in total. The minimum Gasteiger partial charge on any atom is -0.239 e. The fraction of sp³-hybridized carbons (Fsp3) is 0.455. The van der Waals surface area contributed by atoms with Crippen LogP contribution >= 0.6 is 0 Å². The summed E-state index contributed by atoms with van der Waals surface area (Å²) < 4.78 is 14.0. The van der Waals surface area contributed by atoms with Crippen LogP contribution in [0.1, 0.15) is 31.2 Å². The summed E-state index contributed by atoms with van der Waals surface area (Å²) in [5, 5.41) is 0. The lowest BCUT2D eigenvalue weighted by Crippen LogP contribution is -2.13. The summed E-state index contributed by atoms with van der Waals surface area (Å²) in [7, 11) is 0. The van der Waals surface area contributed by atoms with Gasteiger partial charge in [-0.1, -0.05) is 30.3 Å². The van der Waals surface area contributed by atoms with Crippen LogP contribution in [0.5, 0.6) is 0 Å². The van der Waals surface area contributed by atoms with E-state index in [1.54, 1.807) is 0 Å². The number of benzene rings is 1. The first kappa shape index (κ1) is 7.78. The van der Waals surface area contributed by atoms with Crippen molar-refractivity contribution >= 4 is 0 Å². The minimum atomic E-state index is -1.01. The van der Waals surface area contributed by atoms with Crippen molar-refractivity contribution in [2.75, 3.05) is 0 Å². The first-order valence-electron chi connectivity index (χ1n) is 4.56. The molecule has 12 heavy (non-hydrogen) atoms. The molecule has 1 saturated carbocycles. The maximum atomic E-state index is 14.0. The Morgan fingerprint density at radius 2 is 1.58 bits per heavy atom. The summed E-state index contributed by atoms with van der Waals surface area (Å²) in [4.78, 5) is 0. The summed E-state index contributed by atoms with van der Waals surface area (Å²) in [6, 6.07) is 9.54. The van der Waals surface area contributed by atoms with E-state index < -0.39 is 5.67 Å². The van der Waals surface area contributed by atoms with Crippen LogP contribution in [0.25, 0.3) is 0 Å². The van der Waals surface area contributed by atoms with E-state index in [4.69, 9.17) is 0 Å². The molecule has 0 spiro atoms. The Bertz CT molecular complexity index is 247. The van der Waals surface area contributed by atoms with Crippen molar-refractivity contribution in [3.63, 3.8) is 0 Å². The smallest absolute Gasteiger partial charge is 0.136 e. The molecule has 0 bridgehead atoms. The van der Waals surface area contributed by atoms with Gasteiger partial charge >= 0.3 is 0 Å². The average molecular weight is 164 g/mol. The van der Waals surface area contributed by atoms with Crippen molar-refractivity contribution in [1.29, 1.82) is 0 Å². The predicted molar refractivity (Wildman–Crippen MR) is 47.7 cm³/mol. The van der Waals surface area contributed by atoms with Gasteiger partial charge < -0.3 is 0 Å². The van der Waals surface area contributed by atoms with Gasteiger partial charge in [0.2, 0.25) is 0 Å². The maximum absolute atomic E-state index is 14.0. The molecule has 1 aromatic carbocycles. The molecule has 1 aliphatic carbocycles. The third-order valence-electron chi connectivity index (χ3n) is 2.69. The molecular formula is C11H13F. The third kappa shape index (κ3) is 1.24.